The Bertz CT molecular complexity index is 747. The molecule has 0 radical (unpaired) electrons. The Morgan fingerprint density at radius 3 is 2.46 bits per heavy atom. The van der Waals surface area contributed by atoms with Gasteiger partial charge in [-0.15, -0.1) is 0 Å². The van der Waals surface area contributed by atoms with E-state index in [1.807, 2.05) is 12.3 Å². The normalized spacial score (nSPS) is 11.5. The van der Waals surface area contributed by atoms with Crippen molar-refractivity contribution in [2.75, 3.05) is 5.32 Å². The van der Waals surface area contributed by atoms with E-state index in [0.717, 1.165) is 5.56 Å². The smallest absolute Gasteiger partial charge is 0.274 e. The molecule has 2 aromatic carbocycles. The van der Waals surface area contributed by atoms with E-state index in [1.54, 1.807) is 49.4 Å². The molecule has 4 N–H and O–H groups in total. The zero-order valence-electron chi connectivity index (χ0n) is 13.3. The predicted molar refractivity (Wildman–Crippen MR) is 93.0 cm³/mol. The van der Waals surface area contributed by atoms with Gasteiger partial charge in [-0.1, -0.05) is 17.7 Å². The molecule has 0 aliphatic rings. The van der Waals surface area contributed by atoms with Crippen molar-refractivity contribution in [3.63, 3.8) is 0 Å². The molecular formula is C17H18ClN3O3. The first-order valence-corrected chi connectivity index (χ1v) is 7.64. The zero-order chi connectivity index (χ0) is 17.7. The number of carbonyl (C=O) groups is 2. The van der Waals surface area contributed by atoms with E-state index in [1.165, 1.54) is 0 Å². The summed E-state index contributed by atoms with van der Waals surface area (Å²) in [5.74, 6) is 4.80. The monoisotopic (exact) mass is 347 g/mol. The van der Waals surface area contributed by atoms with Gasteiger partial charge in [-0.3, -0.25) is 15.0 Å². The SMILES string of the molecule is Cc1c(Cl)cccc1NC(=O)c1ccc(O[C@@H](C)C(=O)NN)cc1. The second-order valence-electron chi connectivity index (χ2n) is 5.16. The summed E-state index contributed by atoms with van der Waals surface area (Å²) >= 11 is 6.04. The molecule has 0 heterocycles. The molecule has 0 spiro atoms. The summed E-state index contributed by atoms with van der Waals surface area (Å²) in [7, 11) is 0. The maximum atomic E-state index is 12.3. The Balaban J connectivity index is 2.06. The van der Waals surface area contributed by atoms with Crippen LogP contribution in [0.3, 0.4) is 0 Å². The number of halogens is 1. The summed E-state index contributed by atoms with van der Waals surface area (Å²) in [5, 5.41) is 3.40. The maximum absolute atomic E-state index is 12.3. The number of anilines is 1. The fourth-order valence-electron chi connectivity index (χ4n) is 2.00. The predicted octanol–water partition coefficient (Wildman–Crippen LogP) is 2.66. The van der Waals surface area contributed by atoms with Gasteiger partial charge in [0.25, 0.3) is 11.8 Å². The number of carbonyl (C=O) groups excluding carboxylic acids is 2. The fraction of sp³-hybridized carbons (Fsp3) is 0.176. The van der Waals surface area contributed by atoms with Crippen LogP contribution >= 0.6 is 11.6 Å². The Hall–Kier alpha value is -2.57. The lowest BCUT2D eigenvalue weighted by Crippen LogP contribution is -2.40. The molecule has 2 rings (SSSR count). The van der Waals surface area contributed by atoms with Crippen LogP contribution < -0.4 is 21.3 Å². The average Bonchev–Trinajstić information content (AvgIpc) is 2.58. The van der Waals surface area contributed by atoms with Gasteiger partial charge in [-0.2, -0.15) is 0 Å². The highest BCUT2D eigenvalue weighted by Gasteiger charge is 2.14. The van der Waals surface area contributed by atoms with Crippen LogP contribution in [0.15, 0.2) is 42.5 Å². The van der Waals surface area contributed by atoms with Crippen LogP contribution in [0.4, 0.5) is 5.69 Å². The number of amides is 2. The number of rotatable bonds is 5. The van der Waals surface area contributed by atoms with Crippen LogP contribution in [0.25, 0.3) is 0 Å². The molecule has 0 aromatic heterocycles. The number of nitrogens with two attached hydrogens (primary N) is 1. The number of hydrogen-bond donors (Lipinski definition) is 3. The average molecular weight is 348 g/mol. The molecule has 0 unspecified atom stereocenters. The van der Waals surface area contributed by atoms with Gasteiger partial charge in [0.15, 0.2) is 6.10 Å². The third kappa shape index (κ3) is 4.24. The summed E-state index contributed by atoms with van der Waals surface area (Å²) in [4.78, 5) is 23.6. The number of hydrogen-bond acceptors (Lipinski definition) is 4. The molecule has 0 aliphatic heterocycles. The van der Waals surface area contributed by atoms with Crippen molar-refractivity contribution in [3.05, 3.63) is 58.6 Å². The number of benzene rings is 2. The third-order valence-corrected chi connectivity index (χ3v) is 3.87. The van der Waals surface area contributed by atoms with E-state index in [2.05, 4.69) is 5.32 Å². The van der Waals surface area contributed by atoms with Crippen LogP contribution in [0.2, 0.25) is 5.02 Å². The van der Waals surface area contributed by atoms with Crippen molar-refractivity contribution in [3.8, 4) is 5.75 Å². The molecule has 2 amide bonds. The Labute approximate surface area is 144 Å². The number of hydrazine groups is 1. The minimum atomic E-state index is -0.733. The van der Waals surface area contributed by atoms with Crippen molar-refractivity contribution in [1.29, 1.82) is 0 Å². The maximum Gasteiger partial charge on any atom is 0.274 e. The summed E-state index contributed by atoms with van der Waals surface area (Å²) in [6.45, 7) is 3.41. The summed E-state index contributed by atoms with van der Waals surface area (Å²) in [6.07, 6.45) is -0.733. The van der Waals surface area contributed by atoms with Crippen LogP contribution in [-0.4, -0.2) is 17.9 Å². The molecule has 126 valence electrons. The lowest BCUT2D eigenvalue weighted by molar-refractivity contribution is -0.127. The Morgan fingerprint density at radius 2 is 1.83 bits per heavy atom. The van der Waals surface area contributed by atoms with Crippen molar-refractivity contribution < 1.29 is 14.3 Å². The minimum Gasteiger partial charge on any atom is -0.481 e. The molecule has 6 nitrogen and oxygen atoms in total. The summed E-state index contributed by atoms with van der Waals surface area (Å²) in [5.41, 5.74) is 3.92. The highest BCUT2D eigenvalue weighted by atomic mass is 35.5. The van der Waals surface area contributed by atoms with Gasteiger partial charge in [0.2, 0.25) is 0 Å². The fourth-order valence-corrected chi connectivity index (χ4v) is 2.17. The second-order valence-corrected chi connectivity index (χ2v) is 5.57. The van der Waals surface area contributed by atoms with Crippen LogP contribution in [-0.2, 0) is 4.79 Å². The van der Waals surface area contributed by atoms with E-state index in [4.69, 9.17) is 22.2 Å². The van der Waals surface area contributed by atoms with E-state index >= 15 is 0 Å². The van der Waals surface area contributed by atoms with Crippen molar-refractivity contribution in [2.45, 2.75) is 20.0 Å². The summed E-state index contributed by atoms with van der Waals surface area (Å²) < 4.78 is 5.41. The van der Waals surface area contributed by atoms with Crippen molar-refractivity contribution in [2.24, 2.45) is 5.84 Å². The van der Waals surface area contributed by atoms with Gasteiger partial charge in [0, 0.05) is 16.3 Å². The molecule has 0 fully saturated rings. The van der Waals surface area contributed by atoms with Gasteiger partial charge in [0.05, 0.1) is 0 Å². The number of nitrogens with one attached hydrogen (secondary N) is 2. The van der Waals surface area contributed by atoms with E-state index < -0.39 is 12.0 Å². The molecular weight excluding hydrogens is 330 g/mol. The van der Waals surface area contributed by atoms with Gasteiger partial charge in [0.1, 0.15) is 5.75 Å². The van der Waals surface area contributed by atoms with E-state index in [-0.39, 0.29) is 5.91 Å². The molecule has 7 heteroatoms. The van der Waals surface area contributed by atoms with Crippen molar-refractivity contribution in [1.82, 2.24) is 5.43 Å². The molecule has 0 aliphatic carbocycles. The van der Waals surface area contributed by atoms with E-state index in [9.17, 15) is 9.59 Å². The standard InChI is InChI=1S/C17H18ClN3O3/c1-10-14(18)4-3-5-15(10)20-17(23)12-6-8-13(9-7-12)24-11(2)16(22)21-19/h3-9,11H,19H2,1-2H3,(H,20,23)(H,21,22)/t11-/m0/s1. The molecule has 1 atom stereocenters. The molecule has 0 bridgehead atoms. The Morgan fingerprint density at radius 1 is 1.17 bits per heavy atom. The number of ether oxygens (including phenoxy) is 1. The molecule has 2 aromatic rings. The summed E-state index contributed by atoms with van der Waals surface area (Å²) in [6, 6.07) is 11.8. The lowest BCUT2D eigenvalue weighted by atomic mass is 10.1. The van der Waals surface area contributed by atoms with Gasteiger partial charge >= 0.3 is 0 Å². The van der Waals surface area contributed by atoms with Crippen LogP contribution in [0.1, 0.15) is 22.8 Å². The molecule has 0 saturated carbocycles. The Kier molecular flexibility index (Phi) is 5.78. The second kappa shape index (κ2) is 7.81. The van der Waals surface area contributed by atoms with E-state index in [0.29, 0.717) is 22.0 Å². The topological polar surface area (TPSA) is 93.4 Å². The highest BCUT2D eigenvalue weighted by molar-refractivity contribution is 6.31. The molecule has 24 heavy (non-hydrogen) atoms. The molecule has 0 saturated heterocycles. The van der Waals surface area contributed by atoms with Crippen molar-refractivity contribution >= 4 is 29.1 Å². The minimum absolute atomic E-state index is 0.264. The van der Waals surface area contributed by atoms with Gasteiger partial charge < -0.3 is 10.1 Å². The first-order chi connectivity index (χ1) is 11.4. The van der Waals surface area contributed by atoms with Gasteiger partial charge in [-0.25, -0.2) is 5.84 Å². The first kappa shape index (κ1) is 17.8. The van der Waals surface area contributed by atoms with Gasteiger partial charge in [-0.05, 0) is 55.8 Å². The highest BCUT2D eigenvalue weighted by Crippen LogP contribution is 2.23. The van der Waals surface area contributed by atoms with Crippen LogP contribution in [0.5, 0.6) is 5.75 Å². The zero-order valence-corrected chi connectivity index (χ0v) is 14.1. The largest absolute Gasteiger partial charge is 0.481 e. The first-order valence-electron chi connectivity index (χ1n) is 7.26. The quantitative estimate of drug-likeness (QED) is 0.440. The third-order valence-electron chi connectivity index (χ3n) is 3.46. The van der Waals surface area contributed by atoms with Crippen LogP contribution in [0, 0.1) is 6.92 Å². The lowest BCUT2D eigenvalue weighted by Gasteiger charge is -2.13.